The first-order valence-electron chi connectivity index (χ1n) is 7.49. The molecule has 0 radical (unpaired) electrons. The average Bonchev–Trinajstić information content (AvgIpc) is 2.95. The van der Waals surface area contributed by atoms with Crippen molar-refractivity contribution in [1.82, 2.24) is 9.47 Å². The van der Waals surface area contributed by atoms with Crippen LogP contribution in [0.4, 0.5) is 5.69 Å². The van der Waals surface area contributed by atoms with Gasteiger partial charge in [0.15, 0.2) is 0 Å². The summed E-state index contributed by atoms with van der Waals surface area (Å²) < 4.78 is 3.27. The third-order valence-electron chi connectivity index (χ3n) is 4.27. The van der Waals surface area contributed by atoms with Crippen molar-refractivity contribution in [1.29, 1.82) is 0 Å². The highest BCUT2D eigenvalue weighted by molar-refractivity contribution is 9.10. The van der Waals surface area contributed by atoms with E-state index in [4.69, 9.17) is 0 Å². The number of halogens is 1. The quantitative estimate of drug-likeness (QED) is 0.906. The molecule has 5 heteroatoms. The van der Waals surface area contributed by atoms with Crippen molar-refractivity contribution in [2.75, 3.05) is 18.4 Å². The summed E-state index contributed by atoms with van der Waals surface area (Å²) in [5.41, 5.74) is 3.26. The number of benzene rings is 1. The van der Waals surface area contributed by atoms with Crippen LogP contribution in [0.3, 0.4) is 0 Å². The van der Waals surface area contributed by atoms with Gasteiger partial charge in [-0.3, -0.25) is 9.69 Å². The highest BCUT2D eigenvalue weighted by Crippen LogP contribution is 2.25. The molecule has 1 atom stereocenters. The van der Waals surface area contributed by atoms with Crippen molar-refractivity contribution in [2.24, 2.45) is 0 Å². The Morgan fingerprint density at radius 3 is 2.95 bits per heavy atom. The van der Waals surface area contributed by atoms with Crippen molar-refractivity contribution in [3.05, 3.63) is 52.3 Å². The lowest BCUT2D eigenvalue weighted by Gasteiger charge is -2.34. The second kappa shape index (κ2) is 6.26. The second-order valence-corrected chi connectivity index (χ2v) is 6.64. The molecule has 0 saturated heterocycles. The summed E-state index contributed by atoms with van der Waals surface area (Å²) in [6, 6.07) is 10.3. The molecule has 4 nitrogen and oxygen atoms in total. The Labute approximate surface area is 139 Å². The van der Waals surface area contributed by atoms with Gasteiger partial charge in [-0.2, -0.15) is 0 Å². The summed E-state index contributed by atoms with van der Waals surface area (Å²) >= 11 is 3.49. The highest BCUT2D eigenvalue weighted by Gasteiger charge is 2.24. The molecular weight excluding hydrogens is 342 g/mol. The molecule has 1 aromatic heterocycles. The van der Waals surface area contributed by atoms with Crippen LogP contribution in [-0.2, 0) is 11.3 Å². The molecule has 0 saturated carbocycles. The van der Waals surface area contributed by atoms with Crippen LogP contribution < -0.4 is 5.32 Å². The molecule has 1 N–H and O–H groups in total. The number of rotatable bonds is 3. The van der Waals surface area contributed by atoms with E-state index in [1.54, 1.807) is 0 Å². The minimum atomic E-state index is 0.0302. The molecule has 1 amide bonds. The van der Waals surface area contributed by atoms with Crippen LogP contribution in [0.25, 0.3) is 0 Å². The first kappa shape index (κ1) is 15.3. The fourth-order valence-corrected chi connectivity index (χ4v) is 3.28. The topological polar surface area (TPSA) is 37.3 Å². The molecule has 0 bridgehead atoms. The molecule has 0 spiro atoms. The van der Waals surface area contributed by atoms with Gasteiger partial charge >= 0.3 is 0 Å². The molecule has 2 aromatic rings. The molecule has 1 aliphatic rings. The Balaban J connectivity index is 1.64. The lowest BCUT2D eigenvalue weighted by atomic mass is 10.1. The van der Waals surface area contributed by atoms with E-state index in [1.165, 1.54) is 5.69 Å². The standard InChI is InChI=1S/C17H20BrN3O/c1-12-5-6-14(10-15(12)18)19-17(22)11-21-9-8-20-7-3-4-16(20)13(21)2/h3-7,10,13H,8-9,11H2,1-2H3,(H,19,22)/t13-/m0/s1. The van der Waals surface area contributed by atoms with E-state index in [2.05, 4.69) is 56.0 Å². The van der Waals surface area contributed by atoms with Crippen molar-refractivity contribution < 1.29 is 4.79 Å². The number of nitrogens with zero attached hydrogens (tertiary/aromatic N) is 2. The van der Waals surface area contributed by atoms with E-state index in [9.17, 15) is 4.79 Å². The molecule has 3 rings (SSSR count). The summed E-state index contributed by atoms with van der Waals surface area (Å²) in [5.74, 6) is 0.0302. The third kappa shape index (κ3) is 3.10. The van der Waals surface area contributed by atoms with Gasteiger partial charge in [0.25, 0.3) is 0 Å². The van der Waals surface area contributed by atoms with Gasteiger partial charge in [-0.25, -0.2) is 0 Å². The summed E-state index contributed by atoms with van der Waals surface area (Å²) in [6.07, 6.45) is 2.10. The number of hydrogen-bond acceptors (Lipinski definition) is 2. The second-order valence-electron chi connectivity index (χ2n) is 5.79. The van der Waals surface area contributed by atoms with Crippen LogP contribution in [0.5, 0.6) is 0 Å². The number of anilines is 1. The Morgan fingerprint density at radius 2 is 2.18 bits per heavy atom. The van der Waals surface area contributed by atoms with Gasteiger partial charge in [-0.05, 0) is 43.7 Å². The van der Waals surface area contributed by atoms with E-state index >= 15 is 0 Å². The number of carbonyl (C=O) groups is 1. The molecule has 22 heavy (non-hydrogen) atoms. The van der Waals surface area contributed by atoms with Crippen LogP contribution in [-0.4, -0.2) is 28.5 Å². The van der Waals surface area contributed by atoms with Gasteiger partial charge in [0.1, 0.15) is 0 Å². The number of aromatic nitrogens is 1. The predicted molar refractivity (Wildman–Crippen MR) is 91.9 cm³/mol. The van der Waals surface area contributed by atoms with Crippen LogP contribution in [0.15, 0.2) is 41.0 Å². The van der Waals surface area contributed by atoms with Gasteiger partial charge in [-0.1, -0.05) is 22.0 Å². The minimum absolute atomic E-state index is 0.0302. The SMILES string of the molecule is Cc1ccc(NC(=O)CN2CCn3cccc3[C@@H]2C)cc1Br. The molecule has 0 unspecified atom stereocenters. The summed E-state index contributed by atoms with van der Waals surface area (Å²) in [5, 5.41) is 2.98. The number of aryl methyl sites for hydroxylation is 1. The first-order chi connectivity index (χ1) is 10.5. The predicted octanol–water partition coefficient (Wildman–Crippen LogP) is 3.57. The average molecular weight is 362 g/mol. The lowest BCUT2D eigenvalue weighted by Crippen LogP contribution is -2.41. The normalized spacial score (nSPS) is 18.0. The van der Waals surface area contributed by atoms with E-state index < -0.39 is 0 Å². The monoisotopic (exact) mass is 361 g/mol. The van der Waals surface area contributed by atoms with Crippen LogP contribution in [0.1, 0.15) is 24.2 Å². The molecule has 2 heterocycles. The number of amides is 1. The van der Waals surface area contributed by atoms with Gasteiger partial charge < -0.3 is 9.88 Å². The van der Waals surface area contributed by atoms with Crippen molar-refractivity contribution >= 4 is 27.5 Å². The lowest BCUT2D eigenvalue weighted by molar-refractivity contribution is -0.118. The van der Waals surface area contributed by atoms with Crippen molar-refractivity contribution in [3.8, 4) is 0 Å². The van der Waals surface area contributed by atoms with E-state index in [1.807, 2.05) is 25.1 Å². The van der Waals surface area contributed by atoms with E-state index in [0.717, 1.165) is 28.8 Å². The Hall–Kier alpha value is -1.59. The van der Waals surface area contributed by atoms with Crippen LogP contribution in [0, 0.1) is 6.92 Å². The van der Waals surface area contributed by atoms with Gasteiger partial charge in [-0.15, -0.1) is 0 Å². The Kier molecular flexibility index (Phi) is 4.36. The number of fused-ring (bicyclic) bond motifs is 1. The van der Waals surface area contributed by atoms with Crippen LogP contribution >= 0.6 is 15.9 Å². The molecule has 116 valence electrons. The zero-order chi connectivity index (χ0) is 15.7. The third-order valence-corrected chi connectivity index (χ3v) is 5.13. The van der Waals surface area contributed by atoms with Crippen LogP contribution in [0.2, 0.25) is 0 Å². The van der Waals surface area contributed by atoms with E-state index in [0.29, 0.717) is 6.54 Å². The number of carbonyl (C=O) groups excluding carboxylic acids is 1. The molecule has 0 aliphatic carbocycles. The highest BCUT2D eigenvalue weighted by atomic mass is 79.9. The Bertz CT molecular complexity index is 695. The fourth-order valence-electron chi connectivity index (χ4n) is 2.90. The summed E-state index contributed by atoms with van der Waals surface area (Å²) in [6.45, 7) is 6.43. The maximum Gasteiger partial charge on any atom is 0.238 e. The molecule has 1 aliphatic heterocycles. The molecule has 0 fully saturated rings. The zero-order valence-corrected chi connectivity index (χ0v) is 14.4. The van der Waals surface area contributed by atoms with Crippen molar-refractivity contribution in [2.45, 2.75) is 26.4 Å². The van der Waals surface area contributed by atoms with E-state index in [-0.39, 0.29) is 11.9 Å². The van der Waals surface area contributed by atoms with Crippen molar-refractivity contribution in [3.63, 3.8) is 0 Å². The number of hydrogen-bond donors (Lipinski definition) is 1. The summed E-state index contributed by atoms with van der Waals surface area (Å²) in [4.78, 5) is 14.5. The first-order valence-corrected chi connectivity index (χ1v) is 8.29. The van der Waals surface area contributed by atoms with Gasteiger partial charge in [0, 0.05) is 41.2 Å². The fraction of sp³-hybridized carbons (Fsp3) is 0.353. The maximum atomic E-state index is 12.3. The number of nitrogens with one attached hydrogen (secondary N) is 1. The smallest absolute Gasteiger partial charge is 0.238 e. The Morgan fingerprint density at radius 1 is 1.36 bits per heavy atom. The minimum Gasteiger partial charge on any atom is -0.349 e. The maximum absolute atomic E-state index is 12.3. The largest absolute Gasteiger partial charge is 0.349 e. The molecular formula is C17H20BrN3O. The van der Waals surface area contributed by atoms with Gasteiger partial charge in [0.05, 0.1) is 6.54 Å². The summed E-state index contributed by atoms with van der Waals surface area (Å²) in [7, 11) is 0. The zero-order valence-electron chi connectivity index (χ0n) is 12.8. The molecule has 1 aromatic carbocycles. The van der Waals surface area contributed by atoms with Gasteiger partial charge in [0.2, 0.25) is 5.91 Å².